The quantitative estimate of drug-likeness (QED) is 0.623. The van der Waals surface area contributed by atoms with E-state index < -0.39 is 0 Å². The van der Waals surface area contributed by atoms with Gasteiger partial charge in [0.25, 0.3) is 11.8 Å². The van der Waals surface area contributed by atoms with Crippen molar-refractivity contribution >= 4 is 35.3 Å². The van der Waals surface area contributed by atoms with E-state index in [9.17, 15) is 9.59 Å². The molecule has 1 heterocycles. The number of unbranched alkanes of at least 4 members (excludes halogenated alkanes) is 1. The molecule has 0 fully saturated rings. The zero-order valence-corrected chi connectivity index (χ0v) is 14.9. The number of carbonyl (C=O) groups excluding carboxylic acids is 2. The molecule has 0 bridgehead atoms. The first-order chi connectivity index (χ1) is 12.2. The predicted molar refractivity (Wildman–Crippen MR) is 103 cm³/mol. The average molecular weight is 352 g/mol. The van der Waals surface area contributed by atoms with E-state index in [2.05, 4.69) is 17.6 Å². The third kappa shape index (κ3) is 4.31. The van der Waals surface area contributed by atoms with E-state index in [0.717, 1.165) is 23.3 Å². The molecule has 25 heavy (non-hydrogen) atoms. The van der Waals surface area contributed by atoms with Crippen LogP contribution in [-0.4, -0.2) is 18.4 Å². The minimum absolute atomic E-state index is 0.110. The molecule has 0 saturated heterocycles. The van der Waals surface area contributed by atoms with Crippen molar-refractivity contribution in [2.45, 2.75) is 24.7 Å². The molecule has 2 aromatic carbocycles. The lowest BCUT2D eigenvalue weighted by atomic mass is 10.1. The normalized spacial score (nSPS) is 14.8. The van der Waals surface area contributed by atoms with Crippen LogP contribution in [0.3, 0.4) is 0 Å². The van der Waals surface area contributed by atoms with Crippen LogP contribution in [0.2, 0.25) is 0 Å². The van der Waals surface area contributed by atoms with E-state index in [1.807, 2.05) is 42.5 Å². The molecule has 0 atom stereocenters. The Labute approximate surface area is 151 Å². The zero-order valence-electron chi connectivity index (χ0n) is 14.0. The number of fused-ring (bicyclic) bond motifs is 1. The number of nitrogens with one attached hydrogen (secondary N) is 2. The maximum atomic E-state index is 12.4. The highest BCUT2D eigenvalue weighted by Crippen LogP contribution is 2.39. The van der Waals surface area contributed by atoms with Gasteiger partial charge in [0.1, 0.15) is 0 Å². The fourth-order valence-electron chi connectivity index (χ4n) is 2.48. The molecule has 1 aliphatic rings. The summed E-state index contributed by atoms with van der Waals surface area (Å²) in [5, 5.41) is 5.77. The molecule has 2 N–H and O–H groups in total. The molecule has 2 amide bonds. The van der Waals surface area contributed by atoms with Gasteiger partial charge in [0.05, 0.1) is 10.6 Å². The van der Waals surface area contributed by atoms with Gasteiger partial charge in [0.2, 0.25) is 0 Å². The Morgan fingerprint density at radius 3 is 2.76 bits per heavy atom. The molecule has 5 heteroatoms. The van der Waals surface area contributed by atoms with Crippen molar-refractivity contribution in [2.75, 3.05) is 11.9 Å². The van der Waals surface area contributed by atoms with Gasteiger partial charge < -0.3 is 10.6 Å². The zero-order chi connectivity index (χ0) is 17.6. The average Bonchev–Trinajstić information content (AvgIpc) is 2.63. The van der Waals surface area contributed by atoms with Crippen LogP contribution in [-0.2, 0) is 4.79 Å². The van der Waals surface area contributed by atoms with E-state index in [0.29, 0.717) is 22.7 Å². The summed E-state index contributed by atoms with van der Waals surface area (Å²) in [7, 11) is 0. The topological polar surface area (TPSA) is 58.2 Å². The minimum atomic E-state index is -0.148. The Bertz CT molecular complexity index is 816. The molecule has 3 rings (SSSR count). The second-order valence-electron chi connectivity index (χ2n) is 5.80. The summed E-state index contributed by atoms with van der Waals surface area (Å²) in [4.78, 5) is 26.1. The van der Waals surface area contributed by atoms with E-state index in [-0.39, 0.29) is 11.8 Å². The van der Waals surface area contributed by atoms with Gasteiger partial charge in [-0.1, -0.05) is 55.4 Å². The van der Waals surface area contributed by atoms with Crippen LogP contribution < -0.4 is 10.6 Å². The number of hydrogen-bond donors (Lipinski definition) is 2. The van der Waals surface area contributed by atoms with E-state index >= 15 is 0 Å². The molecule has 128 valence electrons. The maximum Gasteiger partial charge on any atom is 0.262 e. The van der Waals surface area contributed by atoms with Gasteiger partial charge in [-0.25, -0.2) is 0 Å². The fraction of sp³-hybridized carbons (Fsp3) is 0.200. The summed E-state index contributed by atoms with van der Waals surface area (Å²) in [6.45, 7) is 2.75. The number of amides is 2. The molecular weight excluding hydrogens is 332 g/mol. The third-order valence-electron chi connectivity index (χ3n) is 3.85. The lowest BCUT2D eigenvalue weighted by molar-refractivity contribution is -0.112. The number of anilines is 1. The molecule has 2 aromatic rings. The number of rotatable bonds is 5. The van der Waals surface area contributed by atoms with Crippen molar-refractivity contribution in [3.63, 3.8) is 0 Å². The summed E-state index contributed by atoms with van der Waals surface area (Å²) >= 11 is 1.42. The standard InChI is InChI=1S/C20H20N2O2S/c1-2-3-11-21-19(23)15-9-10-17-16(13-15)22-20(24)18(25-17)12-14-7-5-4-6-8-14/h4-10,12-13H,2-3,11H2,1H3,(H,21,23)(H,22,24). The predicted octanol–water partition coefficient (Wildman–Crippen LogP) is 4.30. The van der Waals surface area contributed by atoms with Crippen molar-refractivity contribution in [1.82, 2.24) is 5.32 Å². The summed E-state index contributed by atoms with van der Waals surface area (Å²) in [6.07, 6.45) is 3.86. The summed E-state index contributed by atoms with van der Waals surface area (Å²) in [5.74, 6) is -0.258. The van der Waals surface area contributed by atoms with Crippen molar-refractivity contribution in [1.29, 1.82) is 0 Å². The molecule has 0 unspecified atom stereocenters. The van der Waals surface area contributed by atoms with Crippen LogP contribution in [0.1, 0.15) is 35.7 Å². The molecule has 4 nitrogen and oxygen atoms in total. The summed E-state index contributed by atoms with van der Waals surface area (Å²) in [6, 6.07) is 15.2. The summed E-state index contributed by atoms with van der Waals surface area (Å²) in [5.41, 5.74) is 2.23. The Morgan fingerprint density at radius 1 is 1.20 bits per heavy atom. The van der Waals surface area contributed by atoms with Crippen LogP contribution >= 0.6 is 11.8 Å². The van der Waals surface area contributed by atoms with Gasteiger partial charge in [-0.05, 0) is 36.3 Å². The highest BCUT2D eigenvalue weighted by Gasteiger charge is 2.22. The van der Waals surface area contributed by atoms with Crippen LogP contribution in [0.4, 0.5) is 5.69 Å². The van der Waals surface area contributed by atoms with E-state index in [1.165, 1.54) is 11.8 Å². The van der Waals surface area contributed by atoms with Gasteiger partial charge in [-0.15, -0.1) is 0 Å². The molecule has 0 aromatic heterocycles. The van der Waals surface area contributed by atoms with E-state index in [4.69, 9.17) is 0 Å². The molecule has 0 aliphatic carbocycles. The van der Waals surface area contributed by atoms with E-state index in [1.54, 1.807) is 12.1 Å². The molecule has 0 radical (unpaired) electrons. The number of hydrogen-bond acceptors (Lipinski definition) is 3. The smallest absolute Gasteiger partial charge is 0.262 e. The second-order valence-corrected chi connectivity index (χ2v) is 6.88. The largest absolute Gasteiger partial charge is 0.352 e. The third-order valence-corrected chi connectivity index (χ3v) is 4.95. The first kappa shape index (κ1) is 17.3. The Hall–Kier alpha value is -2.53. The Balaban J connectivity index is 1.77. The fourth-order valence-corrected chi connectivity index (χ4v) is 3.41. The molecule has 0 saturated carbocycles. The second kappa shape index (κ2) is 8.03. The Morgan fingerprint density at radius 2 is 2.00 bits per heavy atom. The SMILES string of the molecule is CCCCNC(=O)c1ccc2c(c1)NC(=O)C(=Cc1ccccc1)S2. The minimum Gasteiger partial charge on any atom is -0.352 e. The number of carbonyl (C=O) groups is 2. The lowest BCUT2D eigenvalue weighted by Crippen LogP contribution is -2.25. The van der Waals surface area contributed by atoms with Crippen molar-refractivity contribution < 1.29 is 9.59 Å². The molecule has 0 spiro atoms. The van der Waals surface area contributed by atoms with Gasteiger partial charge in [0.15, 0.2) is 0 Å². The van der Waals surface area contributed by atoms with Gasteiger partial charge >= 0.3 is 0 Å². The maximum absolute atomic E-state index is 12.4. The highest BCUT2D eigenvalue weighted by atomic mass is 32.2. The van der Waals surface area contributed by atoms with Gasteiger partial charge in [-0.3, -0.25) is 9.59 Å². The molecule has 1 aliphatic heterocycles. The van der Waals surface area contributed by atoms with Gasteiger partial charge in [-0.2, -0.15) is 0 Å². The van der Waals surface area contributed by atoms with Crippen molar-refractivity contribution in [3.05, 3.63) is 64.6 Å². The number of benzene rings is 2. The van der Waals surface area contributed by atoms with Crippen LogP contribution in [0, 0.1) is 0 Å². The monoisotopic (exact) mass is 352 g/mol. The van der Waals surface area contributed by atoms with Crippen molar-refractivity contribution in [3.8, 4) is 0 Å². The first-order valence-corrected chi connectivity index (χ1v) is 9.17. The Kier molecular flexibility index (Phi) is 5.56. The number of thioether (sulfide) groups is 1. The highest BCUT2D eigenvalue weighted by molar-refractivity contribution is 8.04. The van der Waals surface area contributed by atoms with Gasteiger partial charge in [0, 0.05) is 17.0 Å². The summed E-state index contributed by atoms with van der Waals surface area (Å²) < 4.78 is 0. The lowest BCUT2D eigenvalue weighted by Gasteiger charge is -2.19. The van der Waals surface area contributed by atoms with Crippen LogP contribution in [0.15, 0.2) is 58.3 Å². The van der Waals surface area contributed by atoms with Crippen LogP contribution in [0.5, 0.6) is 0 Å². The van der Waals surface area contributed by atoms with Crippen molar-refractivity contribution in [2.24, 2.45) is 0 Å². The van der Waals surface area contributed by atoms with Crippen LogP contribution in [0.25, 0.3) is 6.08 Å². The molecular formula is C20H20N2O2S. The first-order valence-electron chi connectivity index (χ1n) is 8.35.